The summed E-state index contributed by atoms with van der Waals surface area (Å²) in [5.74, 6) is 0.978. The topological polar surface area (TPSA) is 122 Å². The summed E-state index contributed by atoms with van der Waals surface area (Å²) < 4.78 is 8.10. The zero-order chi connectivity index (χ0) is 25.2. The smallest absolute Gasteiger partial charge is 0.409 e. The molecule has 0 aromatic carbocycles. The van der Waals surface area contributed by atoms with Gasteiger partial charge in [-0.1, -0.05) is 0 Å². The predicted molar refractivity (Wildman–Crippen MR) is 136 cm³/mol. The van der Waals surface area contributed by atoms with Crippen LogP contribution in [0.5, 0.6) is 0 Å². The number of hydrogen-bond acceptors (Lipinski definition) is 9. The van der Waals surface area contributed by atoms with Gasteiger partial charge >= 0.3 is 6.09 Å². The molecule has 1 aliphatic heterocycles. The van der Waals surface area contributed by atoms with E-state index in [-0.39, 0.29) is 17.7 Å². The third-order valence-corrected chi connectivity index (χ3v) is 7.19. The number of anilines is 3. The Morgan fingerprint density at radius 3 is 2.50 bits per heavy atom. The van der Waals surface area contributed by atoms with E-state index in [4.69, 9.17) is 9.72 Å². The fraction of sp³-hybridized carbons (Fsp3) is 0.542. The first kappa shape index (κ1) is 24.0. The van der Waals surface area contributed by atoms with Crippen LogP contribution in [0.3, 0.4) is 0 Å². The largest absolute Gasteiger partial charge is 0.453 e. The SMILES string of the molecule is COC(=O)N1CCN(C2CCC(Nc3nc(Nc4cnn(C)c4)nc4ccn(C)c(=O)c34)CC2)CC1. The van der Waals surface area contributed by atoms with E-state index in [9.17, 15) is 9.59 Å². The van der Waals surface area contributed by atoms with Gasteiger partial charge in [0.25, 0.3) is 5.56 Å². The number of nitrogens with zero attached hydrogens (tertiary/aromatic N) is 7. The molecule has 1 aliphatic carbocycles. The summed E-state index contributed by atoms with van der Waals surface area (Å²) in [7, 11) is 5.01. The van der Waals surface area contributed by atoms with Gasteiger partial charge in [-0.2, -0.15) is 10.1 Å². The number of pyridine rings is 1. The minimum atomic E-state index is -0.247. The predicted octanol–water partition coefficient (Wildman–Crippen LogP) is 1.91. The third kappa shape index (κ3) is 4.99. The van der Waals surface area contributed by atoms with Crippen LogP contribution in [0.15, 0.2) is 29.5 Å². The van der Waals surface area contributed by atoms with Crippen LogP contribution in [0.4, 0.5) is 22.2 Å². The molecule has 2 aliphatic rings. The summed E-state index contributed by atoms with van der Waals surface area (Å²) in [6.07, 6.45) is 9.09. The molecule has 12 heteroatoms. The maximum atomic E-state index is 13.0. The van der Waals surface area contributed by atoms with Gasteiger partial charge in [0.2, 0.25) is 5.95 Å². The molecule has 3 aromatic heterocycles. The first-order valence-electron chi connectivity index (χ1n) is 12.4. The zero-order valence-electron chi connectivity index (χ0n) is 21.0. The van der Waals surface area contributed by atoms with Crippen molar-refractivity contribution in [3.63, 3.8) is 0 Å². The number of aromatic nitrogens is 5. The van der Waals surface area contributed by atoms with Crippen molar-refractivity contribution in [2.24, 2.45) is 14.1 Å². The highest BCUT2D eigenvalue weighted by Gasteiger charge is 2.30. The quantitative estimate of drug-likeness (QED) is 0.546. The Labute approximate surface area is 209 Å². The fourth-order valence-corrected chi connectivity index (χ4v) is 5.19. The van der Waals surface area contributed by atoms with Crippen molar-refractivity contribution in [2.45, 2.75) is 37.8 Å². The second-order valence-electron chi connectivity index (χ2n) is 9.56. The summed E-state index contributed by atoms with van der Waals surface area (Å²) in [5.41, 5.74) is 1.25. The fourth-order valence-electron chi connectivity index (χ4n) is 5.19. The molecule has 1 saturated carbocycles. The Kier molecular flexibility index (Phi) is 6.77. The minimum Gasteiger partial charge on any atom is -0.453 e. The molecule has 36 heavy (non-hydrogen) atoms. The second-order valence-corrected chi connectivity index (χ2v) is 9.56. The van der Waals surface area contributed by atoms with E-state index >= 15 is 0 Å². The summed E-state index contributed by atoms with van der Waals surface area (Å²) in [5, 5.41) is 11.4. The van der Waals surface area contributed by atoms with E-state index in [1.807, 2.05) is 19.3 Å². The summed E-state index contributed by atoms with van der Waals surface area (Å²) in [6.45, 7) is 3.14. The molecular weight excluding hydrogens is 462 g/mol. The molecule has 0 radical (unpaired) electrons. The molecule has 192 valence electrons. The van der Waals surface area contributed by atoms with Gasteiger partial charge in [0.1, 0.15) is 11.2 Å². The van der Waals surface area contributed by atoms with Crippen molar-refractivity contribution in [2.75, 3.05) is 43.9 Å². The number of amides is 1. The van der Waals surface area contributed by atoms with Crippen LogP contribution in [0.2, 0.25) is 0 Å². The number of hydrogen-bond donors (Lipinski definition) is 2. The molecule has 2 fully saturated rings. The van der Waals surface area contributed by atoms with Crippen LogP contribution >= 0.6 is 0 Å². The van der Waals surface area contributed by atoms with Gasteiger partial charge in [0.05, 0.1) is 24.5 Å². The number of piperazine rings is 1. The molecule has 1 saturated heterocycles. The Morgan fingerprint density at radius 2 is 1.83 bits per heavy atom. The summed E-state index contributed by atoms with van der Waals surface area (Å²) in [4.78, 5) is 38.3. The number of aryl methyl sites for hydroxylation is 2. The van der Waals surface area contributed by atoms with E-state index in [2.05, 4.69) is 25.6 Å². The maximum absolute atomic E-state index is 13.0. The summed E-state index contributed by atoms with van der Waals surface area (Å²) >= 11 is 0. The molecule has 3 aromatic rings. The van der Waals surface area contributed by atoms with Crippen LogP contribution < -0.4 is 16.2 Å². The highest BCUT2D eigenvalue weighted by molar-refractivity contribution is 5.89. The van der Waals surface area contributed by atoms with Crippen LogP contribution in [0, 0.1) is 0 Å². The Balaban J connectivity index is 1.28. The average molecular weight is 496 g/mol. The molecule has 12 nitrogen and oxygen atoms in total. The van der Waals surface area contributed by atoms with Crippen molar-refractivity contribution in [1.82, 2.24) is 34.1 Å². The van der Waals surface area contributed by atoms with Gasteiger partial charge < -0.3 is 24.8 Å². The molecule has 0 spiro atoms. The van der Waals surface area contributed by atoms with Crippen molar-refractivity contribution in [3.05, 3.63) is 35.0 Å². The molecule has 0 unspecified atom stereocenters. The Bertz CT molecular complexity index is 1290. The summed E-state index contributed by atoms with van der Waals surface area (Å²) in [6, 6.07) is 2.55. The maximum Gasteiger partial charge on any atom is 0.409 e. The standard InChI is InChI=1S/C24H33N9O3/c1-30-9-8-19-20(22(30)34)21(29-23(28-19)27-17-14-25-31(2)15-17)26-16-4-6-18(7-5-16)32-10-12-33(13-11-32)24(35)36-3/h8-9,14-16,18H,4-7,10-13H2,1-3H3,(H2,26,27,28,29). The lowest BCUT2D eigenvalue weighted by atomic mass is 9.89. The monoisotopic (exact) mass is 495 g/mol. The number of fused-ring (bicyclic) bond motifs is 1. The van der Waals surface area contributed by atoms with E-state index in [0.29, 0.717) is 41.8 Å². The van der Waals surface area contributed by atoms with Crippen molar-refractivity contribution < 1.29 is 9.53 Å². The average Bonchev–Trinajstić information content (AvgIpc) is 3.30. The van der Waals surface area contributed by atoms with E-state index in [1.54, 1.807) is 33.6 Å². The van der Waals surface area contributed by atoms with Crippen molar-refractivity contribution in [3.8, 4) is 0 Å². The van der Waals surface area contributed by atoms with E-state index in [1.165, 1.54) is 7.11 Å². The van der Waals surface area contributed by atoms with Gasteiger partial charge in [-0.3, -0.25) is 14.4 Å². The number of ether oxygens (including phenoxy) is 1. The number of methoxy groups -OCH3 is 1. The van der Waals surface area contributed by atoms with Crippen LogP contribution in [0.1, 0.15) is 25.7 Å². The second kappa shape index (κ2) is 10.1. The van der Waals surface area contributed by atoms with E-state index < -0.39 is 0 Å². The molecular formula is C24H33N9O3. The molecule has 2 N–H and O–H groups in total. The molecule has 4 heterocycles. The lowest BCUT2D eigenvalue weighted by molar-refractivity contribution is 0.0642. The van der Waals surface area contributed by atoms with Crippen LogP contribution in [-0.4, -0.2) is 85.6 Å². The zero-order valence-corrected chi connectivity index (χ0v) is 21.0. The highest BCUT2D eigenvalue weighted by atomic mass is 16.5. The first-order chi connectivity index (χ1) is 17.4. The first-order valence-corrected chi connectivity index (χ1v) is 12.4. The minimum absolute atomic E-state index is 0.125. The lowest BCUT2D eigenvalue weighted by Crippen LogP contribution is -2.53. The van der Waals surface area contributed by atoms with Gasteiger partial charge in [-0.05, 0) is 31.7 Å². The third-order valence-electron chi connectivity index (χ3n) is 7.19. The van der Waals surface area contributed by atoms with Gasteiger partial charge in [-0.25, -0.2) is 9.78 Å². The highest BCUT2D eigenvalue weighted by Crippen LogP contribution is 2.28. The van der Waals surface area contributed by atoms with E-state index in [0.717, 1.165) is 44.5 Å². The van der Waals surface area contributed by atoms with Gasteiger partial charge in [0.15, 0.2) is 0 Å². The van der Waals surface area contributed by atoms with Gasteiger partial charge in [-0.15, -0.1) is 0 Å². The number of carbonyl (C=O) groups is 1. The molecule has 0 bridgehead atoms. The normalized spacial score (nSPS) is 20.9. The van der Waals surface area contributed by atoms with Gasteiger partial charge in [0, 0.05) is 64.8 Å². The Morgan fingerprint density at radius 1 is 1.08 bits per heavy atom. The number of carbonyl (C=O) groups excluding carboxylic acids is 1. The molecule has 1 amide bonds. The number of nitrogens with one attached hydrogen (secondary N) is 2. The molecule has 0 atom stereocenters. The Hall–Kier alpha value is -3.67. The van der Waals surface area contributed by atoms with Crippen molar-refractivity contribution in [1.29, 1.82) is 0 Å². The lowest BCUT2D eigenvalue weighted by Gasteiger charge is -2.41. The van der Waals surface area contributed by atoms with Crippen LogP contribution in [0.25, 0.3) is 10.9 Å². The number of rotatable bonds is 5. The van der Waals surface area contributed by atoms with Crippen LogP contribution in [-0.2, 0) is 18.8 Å². The van der Waals surface area contributed by atoms with Crippen molar-refractivity contribution >= 4 is 34.4 Å². The molecule has 5 rings (SSSR count).